The fraction of sp³-hybridized carbons (Fsp3) is 0.929. The van der Waals surface area contributed by atoms with Crippen LogP contribution in [0.2, 0.25) is 0 Å². The van der Waals surface area contributed by atoms with E-state index in [4.69, 9.17) is 4.74 Å². The van der Waals surface area contributed by atoms with Gasteiger partial charge < -0.3 is 15.0 Å². The van der Waals surface area contributed by atoms with Gasteiger partial charge >= 0.3 is 0 Å². The Hall–Kier alpha value is -0.660. The summed E-state index contributed by atoms with van der Waals surface area (Å²) in [5.41, 5.74) is 0. The Labute approximate surface area is 127 Å². The van der Waals surface area contributed by atoms with Crippen LogP contribution in [0.5, 0.6) is 0 Å². The zero-order valence-corrected chi connectivity index (χ0v) is 13.7. The lowest BCUT2D eigenvalue weighted by Gasteiger charge is -2.35. The molecule has 3 atom stereocenters. The highest BCUT2D eigenvalue weighted by Crippen LogP contribution is 2.24. The van der Waals surface area contributed by atoms with E-state index in [1.54, 1.807) is 12.0 Å². The SMILES string of the molecule is COCCN(C(=O)C1CCNC(C)C1)C1CCS(=O)(=O)C1. The van der Waals surface area contributed by atoms with E-state index in [1.807, 2.05) is 0 Å². The van der Waals surface area contributed by atoms with Crippen LogP contribution in [0, 0.1) is 5.92 Å². The van der Waals surface area contributed by atoms with Gasteiger partial charge in [0.25, 0.3) is 0 Å². The van der Waals surface area contributed by atoms with Gasteiger partial charge in [-0.2, -0.15) is 0 Å². The molecule has 2 aliphatic heterocycles. The topological polar surface area (TPSA) is 75.7 Å². The highest BCUT2D eigenvalue weighted by Gasteiger charge is 2.37. The van der Waals surface area contributed by atoms with Crippen LogP contribution in [-0.2, 0) is 19.4 Å². The van der Waals surface area contributed by atoms with Crippen molar-refractivity contribution in [1.29, 1.82) is 0 Å². The first kappa shape index (κ1) is 16.7. The van der Waals surface area contributed by atoms with Gasteiger partial charge in [0.1, 0.15) is 0 Å². The fourth-order valence-electron chi connectivity index (χ4n) is 3.27. The van der Waals surface area contributed by atoms with Gasteiger partial charge in [0.2, 0.25) is 5.91 Å². The Kier molecular flexibility index (Phi) is 5.62. The summed E-state index contributed by atoms with van der Waals surface area (Å²) in [5, 5.41) is 3.34. The summed E-state index contributed by atoms with van der Waals surface area (Å²) in [6, 6.07) is 0.159. The smallest absolute Gasteiger partial charge is 0.226 e. The van der Waals surface area contributed by atoms with E-state index in [2.05, 4.69) is 12.2 Å². The first-order valence-electron chi connectivity index (χ1n) is 7.66. The molecule has 1 N–H and O–H groups in total. The molecule has 1 amide bonds. The number of sulfone groups is 1. The maximum Gasteiger partial charge on any atom is 0.226 e. The molecule has 0 aromatic rings. The zero-order chi connectivity index (χ0) is 15.5. The monoisotopic (exact) mass is 318 g/mol. The Bertz CT molecular complexity index is 466. The van der Waals surface area contributed by atoms with Crippen LogP contribution in [0.3, 0.4) is 0 Å². The van der Waals surface area contributed by atoms with Crippen LogP contribution < -0.4 is 5.32 Å². The minimum absolute atomic E-state index is 0.00131. The first-order valence-corrected chi connectivity index (χ1v) is 9.48. The second-order valence-corrected chi connectivity index (χ2v) is 8.39. The Balaban J connectivity index is 2.06. The molecule has 0 bridgehead atoms. The molecule has 0 aromatic heterocycles. The minimum Gasteiger partial charge on any atom is -0.383 e. The Morgan fingerprint density at radius 3 is 2.71 bits per heavy atom. The molecule has 2 aliphatic rings. The fourth-order valence-corrected chi connectivity index (χ4v) is 5.00. The molecule has 0 saturated carbocycles. The van der Waals surface area contributed by atoms with Crippen molar-refractivity contribution in [1.82, 2.24) is 10.2 Å². The summed E-state index contributed by atoms with van der Waals surface area (Å²) in [5.74, 6) is 0.393. The molecule has 2 heterocycles. The van der Waals surface area contributed by atoms with Crippen LogP contribution in [0.25, 0.3) is 0 Å². The summed E-state index contributed by atoms with van der Waals surface area (Å²) >= 11 is 0. The van der Waals surface area contributed by atoms with Crippen LogP contribution in [0.4, 0.5) is 0 Å². The maximum absolute atomic E-state index is 12.8. The molecule has 2 saturated heterocycles. The molecule has 122 valence electrons. The summed E-state index contributed by atoms with van der Waals surface area (Å²) in [6.07, 6.45) is 2.20. The van der Waals surface area contributed by atoms with E-state index < -0.39 is 9.84 Å². The van der Waals surface area contributed by atoms with Crippen molar-refractivity contribution in [2.75, 3.05) is 38.3 Å². The van der Waals surface area contributed by atoms with Crippen LogP contribution in [-0.4, -0.2) is 69.6 Å². The second-order valence-electron chi connectivity index (χ2n) is 6.16. The average molecular weight is 318 g/mol. The van der Waals surface area contributed by atoms with Crippen molar-refractivity contribution in [3.05, 3.63) is 0 Å². The molecule has 2 rings (SSSR count). The predicted molar refractivity (Wildman–Crippen MR) is 80.8 cm³/mol. The van der Waals surface area contributed by atoms with Crippen LogP contribution in [0.15, 0.2) is 0 Å². The molecule has 3 unspecified atom stereocenters. The van der Waals surface area contributed by atoms with Crippen molar-refractivity contribution in [3.63, 3.8) is 0 Å². The minimum atomic E-state index is -2.99. The molecule has 7 heteroatoms. The number of piperidine rings is 1. The molecule has 0 radical (unpaired) electrons. The largest absolute Gasteiger partial charge is 0.383 e. The van der Waals surface area contributed by atoms with E-state index in [0.717, 1.165) is 19.4 Å². The summed E-state index contributed by atoms with van der Waals surface area (Å²) in [6.45, 7) is 3.86. The molecule has 0 spiro atoms. The van der Waals surface area contributed by atoms with Gasteiger partial charge in [-0.1, -0.05) is 0 Å². The van der Waals surface area contributed by atoms with E-state index in [1.165, 1.54) is 0 Å². The third-order valence-electron chi connectivity index (χ3n) is 4.44. The number of rotatable bonds is 5. The first-order chi connectivity index (χ1) is 9.93. The number of ether oxygens (including phenoxy) is 1. The second kappa shape index (κ2) is 7.07. The normalized spacial score (nSPS) is 32.0. The number of carbonyl (C=O) groups is 1. The van der Waals surface area contributed by atoms with Gasteiger partial charge in [-0.05, 0) is 32.7 Å². The highest BCUT2D eigenvalue weighted by atomic mass is 32.2. The Morgan fingerprint density at radius 2 is 2.14 bits per heavy atom. The van der Waals surface area contributed by atoms with Crippen molar-refractivity contribution in [2.45, 2.75) is 38.3 Å². The molecule has 6 nitrogen and oxygen atoms in total. The average Bonchev–Trinajstić information content (AvgIpc) is 2.79. The highest BCUT2D eigenvalue weighted by molar-refractivity contribution is 7.91. The van der Waals surface area contributed by atoms with E-state index in [0.29, 0.717) is 25.6 Å². The van der Waals surface area contributed by atoms with E-state index in [-0.39, 0.29) is 29.4 Å². The van der Waals surface area contributed by atoms with Gasteiger partial charge in [-0.25, -0.2) is 8.42 Å². The van der Waals surface area contributed by atoms with Crippen LogP contribution >= 0.6 is 0 Å². The standard InChI is InChI=1S/C14H26N2O4S/c1-11-9-12(3-5-15-11)14(17)16(6-7-20-2)13-4-8-21(18,19)10-13/h11-13,15H,3-10H2,1-2H3. The lowest BCUT2D eigenvalue weighted by atomic mass is 9.91. The lowest BCUT2D eigenvalue weighted by Crippen LogP contribution is -2.49. The third-order valence-corrected chi connectivity index (χ3v) is 6.19. The van der Waals surface area contributed by atoms with Crippen molar-refractivity contribution >= 4 is 15.7 Å². The summed E-state index contributed by atoms with van der Waals surface area (Å²) in [4.78, 5) is 14.6. The number of nitrogens with zero attached hydrogens (tertiary/aromatic N) is 1. The van der Waals surface area contributed by atoms with Gasteiger partial charge in [-0.15, -0.1) is 0 Å². The van der Waals surface area contributed by atoms with Crippen molar-refractivity contribution in [2.24, 2.45) is 5.92 Å². The number of nitrogens with one attached hydrogen (secondary N) is 1. The number of amides is 1. The summed E-state index contributed by atoms with van der Waals surface area (Å²) in [7, 11) is -1.39. The van der Waals surface area contributed by atoms with Gasteiger partial charge in [0.15, 0.2) is 9.84 Å². The Morgan fingerprint density at radius 1 is 1.38 bits per heavy atom. The van der Waals surface area contributed by atoms with Crippen LogP contribution in [0.1, 0.15) is 26.2 Å². The third kappa shape index (κ3) is 4.40. The van der Waals surface area contributed by atoms with Gasteiger partial charge in [-0.3, -0.25) is 4.79 Å². The van der Waals surface area contributed by atoms with Crippen molar-refractivity contribution in [3.8, 4) is 0 Å². The number of methoxy groups -OCH3 is 1. The molecular formula is C14H26N2O4S. The lowest BCUT2D eigenvalue weighted by molar-refractivity contribution is -0.139. The molecule has 0 aliphatic carbocycles. The van der Waals surface area contributed by atoms with Gasteiger partial charge in [0, 0.05) is 31.7 Å². The van der Waals surface area contributed by atoms with Gasteiger partial charge in [0.05, 0.1) is 18.1 Å². The van der Waals surface area contributed by atoms with E-state index in [9.17, 15) is 13.2 Å². The predicted octanol–water partition coefficient (Wildman–Crippen LogP) is 0.0366. The maximum atomic E-state index is 12.8. The molecule has 0 aromatic carbocycles. The number of hydrogen-bond donors (Lipinski definition) is 1. The summed E-state index contributed by atoms with van der Waals surface area (Å²) < 4.78 is 28.5. The molecule has 2 fully saturated rings. The number of hydrogen-bond acceptors (Lipinski definition) is 5. The molecular weight excluding hydrogens is 292 g/mol. The van der Waals surface area contributed by atoms with Crippen molar-refractivity contribution < 1.29 is 17.9 Å². The quantitative estimate of drug-likeness (QED) is 0.774. The number of carbonyl (C=O) groups excluding carboxylic acids is 1. The zero-order valence-electron chi connectivity index (χ0n) is 12.9. The van der Waals surface area contributed by atoms with E-state index >= 15 is 0 Å². The molecule has 21 heavy (non-hydrogen) atoms.